The van der Waals surface area contributed by atoms with Crippen molar-refractivity contribution < 1.29 is 18.7 Å². The van der Waals surface area contributed by atoms with Crippen molar-refractivity contribution in [3.63, 3.8) is 0 Å². The third kappa shape index (κ3) is 5.34. The number of hydrogen-bond acceptors (Lipinski definition) is 4. The minimum absolute atomic E-state index is 0.0982. The summed E-state index contributed by atoms with van der Waals surface area (Å²) in [4.78, 5) is 30.1. The summed E-state index contributed by atoms with van der Waals surface area (Å²) in [6.07, 6.45) is 0.0982. The van der Waals surface area contributed by atoms with Crippen molar-refractivity contribution in [3.8, 4) is 11.4 Å². The average Bonchev–Trinajstić information content (AvgIpc) is 2.73. The Morgan fingerprint density at radius 2 is 1.90 bits per heavy atom. The van der Waals surface area contributed by atoms with E-state index in [9.17, 15) is 23.5 Å². The molecule has 0 saturated carbocycles. The van der Waals surface area contributed by atoms with Crippen molar-refractivity contribution in [2.24, 2.45) is 0 Å². The molecule has 0 aliphatic heterocycles. The van der Waals surface area contributed by atoms with Gasteiger partial charge in [-0.1, -0.05) is 17.7 Å². The summed E-state index contributed by atoms with van der Waals surface area (Å²) in [6.45, 7) is 0.881. The van der Waals surface area contributed by atoms with Gasteiger partial charge in [-0.2, -0.15) is 0 Å². The van der Waals surface area contributed by atoms with Gasteiger partial charge >= 0.3 is 0 Å². The quantitative estimate of drug-likeness (QED) is 0.583. The molecule has 2 N–H and O–H groups in total. The van der Waals surface area contributed by atoms with E-state index >= 15 is 0 Å². The number of aromatic nitrogens is 2. The number of nitrogens with one attached hydrogen (secondary N) is 1. The van der Waals surface area contributed by atoms with Gasteiger partial charge in [-0.25, -0.2) is 13.8 Å². The number of nitrogens with zero attached hydrogens (tertiary/aromatic N) is 2. The van der Waals surface area contributed by atoms with Crippen LogP contribution in [0.15, 0.2) is 47.3 Å². The summed E-state index contributed by atoms with van der Waals surface area (Å²) >= 11 is 5.94. The van der Waals surface area contributed by atoms with Gasteiger partial charge in [-0.3, -0.25) is 14.2 Å². The monoisotopic (exact) mass is 447 g/mol. The van der Waals surface area contributed by atoms with Crippen LogP contribution in [0.1, 0.15) is 16.8 Å². The molecule has 0 spiro atoms. The maximum absolute atomic E-state index is 13.8. The van der Waals surface area contributed by atoms with E-state index in [1.165, 1.54) is 10.6 Å². The molecule has 3 rings (SSSR count). The highest BCUT2D eigenvalue weighted by atomic mass is 35.5. The molecule has 3 aromatic rings. The van der Waals surface area contributed by atoms with Crippen LogP contribution in [0.2, 0.25) is 5.02 Å². The lowest BCUT2D eigenvalue weighted by Gasteiger charge is -2.16. The molecule has 6 nitrogen and oxygen atoms in total. The molecule has 1 amide bonds. The number of benzene rings is 2. The minimum atomic E-state index is -0.776. The molecule has 1 heterocycles. The van der Waals surface area contributed by atoms with Crippen molar-refractivity contribution in [2.45, 2.75) is 26.4 Å². The maximum atomic E-state index is 13.8. The first-order valence-corrected chi connectivity index (χ1v) is 9.85. The number of rotatable bonds is 7. The van der Waals surface area contributed by atoms with Gasteiger partial charge in [0.1, 0.15) is 24.0 Å². The van der Waals surface area contributed by atoms with Crippen molar-refractivity contribution in [1.29, 1.82) is 0 Å². The molecule has 0 atom stereocenters. The minimum Gasteiger partial charge on any atom is -0.396 e. The van der Waals surface area contributed by atoms with Crippen molar-refractivity contribution >= 4 is 17.5 Å². The molecule has 0 radical (unpaired) electrons. The number of carbonyl (C=O) groups is 1. The zero-order valence-corrected chi connectivity index (χ0v) is 17.4. The summed E-state index contributed by atoms with van der Waals surface area (Å²) < 4.78 is 28.1. The molecule has 0 fully saturated rings. The highest BCUT2D eigenvalue weighted by Crippen LogP contribution is 2.20. The van der Waals surface area contributed by atoms with E-state index in [0.717, 1.165) is 12.1 Å². The smallest absolute Gasteiger partial charge is 0.257 e. The van der Waals surface area contributed by atoms with E-state index in [1.807, 2.05) is 0 Å². The van der Waals surface area contributed by atoms with Gasteiger partial charge < -0.3 is 10.4 Å². The van der Waals surface area contributed by atoms with Gasteiger partial charge in [0, 0.05) is 53.0 Å². The second-order valence-electron chi connectivity index (χ2n) is 6.88. The van der Waals surface area contributed by atoms with Crippen molar-refractivity contribution in [3.05, 3.63) is 86.3 Å². The summed E-state index contributed by atoms with van der Waals surface area (Å²) in [6, 6.07) is 9.70. The van der Waals surface area contributed by atoms with Crippen LogP contribution < -0.4 is 10.9 Å². The van der Waals surface area contributed by atoms with Crippen molar-refractivity contribution in [2.75, 3.05) is 6.61 Å². The zero-order chi connectivity index (χ0) is 22.5. The van der Waals surface area contributed by atoms with E-state index < -0.39 is 23.1 Å². The summed E-state index contributed by atoms with van der Waals surface area (Å²) in [5, 5.41) is 12.3. The topological polar surface area (TPSA) is 84.2 Å². The fourth-order valence-electron chi connectivity index (χ4n) is 3.12. The van der Waals surface area contributed by atoms with Crippen LogP contribution in [0, 0.1) is 18.6 Å². The Kier molecular flexibility index (Phi) is 7.14. The Balaban J connectivity index is 1.92. The lowest BCUT2D eigenvalue weighted by atomic mass is 10.1. The number of hydrogen-bond donors (Lipinski definition) is 2. The highest BCUT2D eigenvalue weighted by molar-refractivity contribution is 6.30. The molecule has 0 bridgehead atoms. The van der Waals surface area contributed by atoms with E-state index in [0.29, 0.717) is 21.8 Å². The SMILES string of the molecule is Cc1nc(-c2ccc(Cl)cc2)n(CC(=O)NCc2ccc(F)cc2F)c(=O)c1CCO. The standard InChI is InChI=1S/C22H20ClF2N3O3/c1-13-18(8-9-29)22(31)28(21(27-13)14-2-5-16(23)6-3-14)12-20(30)26-11-15-4-7-17(24)10-19(15)25/h2-7,10,29H,8-9,11-12H2,1H3,(H,26,30). The Labute approximate surface area is 182 Å². The zero-order valence-electron chi connectivity index (χ0n) is 16.7. The molecule has 2 aromatic carbocycles. The van der Waals surface area contributed by atoms with Gasteiger partial charge in [-0.05, 0) is 37.3 Å². The predicted molar refractivity (Wildman–Crippen MR) is 113 cm³/mol. The van der Waals surface area contributed by atoms with Gasteiger partial charge in [0.05, 0.1) is 0 Å². The van der Waals surface area contributed by atoms with Crippen LogP contribution >= 0.6 is 11.6 Å². The predicted octanol–water partition coefficient (Wildman–Crippen LogP) is 3.00. The fraction of sp³-hybridized carbons (Fsp3) is 0.227. The van der Waals surface area contributed by atoms with Gasteiger partial charge in [0.25, 0.3) is 5.56 Å². The first-order chi connectivity index (χ1) is 14.8. The third-order valence-electron chi connectivity index (χ3n) is 4.73. The van der Waals surface area contributed by atoms with E-state index in [4.69, 9.17) is 11.6 Å². The largest absolute Gasteiger partial charge is 0.396 e. The Morgan fingerprint density at radius 3 is 2.55 bits per heavy atom. The Hall–Kier alpha value is -3.10. The summed E-state index contributed by atoms with van der Waals surface area (Å²) in [7, 11) is 0. The Morgan fingerprint density at radius 1 is 1.19 bits per heavy atom. The number of aryl methyl sites for hydroxylation is 1. The number of amides is 1. The summed E-state index contributed by atoms with van der Waals surface area (Å²) in [5.41, 5.74) is 1.00. The number of aliphatic hydroxyl groups excluding tert-OH is 1. The molecule has 9 heteroatoms. The number of halogens is 3. The maximum Gasteiger partial charge on any atom is 0.257 e. The average molecular weight is 448 g/mol. The van der Waals surface area contributed by atoms with E-state index in [-0.39, 0.29) is 37.5 Å². The molecular weight excluding hydrogens is 428 g/mol. The summed E-state index contributed by atoms with van der Waals surface area (Å²) in [5.74, 6) is -1.78. The molecule has 0 aliphatic carbocycles. The van der Waals surface area contributed by atoms with E-state index in [1.54, 1.807) is 31.2 Å². The first-order valence-electron chi connectivity index (χ1n) is 9.48. The molecule has 0 aliphatic rings. The van der Waals surface area contributed by atoms with Gasteiger partial charge in [0.15, 0.2) is 0 Å². The normalized spacial score (nSPS) is 10.9. The van der Waals surface area contributed by atoms with Gasteiger partial charge in [0.2, 0.25) is 5.91 Å². The second-order valence-corrected chi connectivity index (χ2v) is 7.32. The first kappa shape index (κ1) is 22.6. The molecule has 0 unspecified atom stereocenters. The van der Waals surface area contributed by atoms with E-state index in [2.05, 4.69) is 10.3 Å². The van der Waals surface area contributed by atoms with Crippen molar-refractivity contribution in [1.82, 2.24) is 14.9 Å². The molecule has 0 saturated heterocycles. The second kappa shape index (κ2) is 9.80. The molecule has 1 aromatic heterocycles. The number of aliphatic hydroxyl groups is 1. The van der Waals surface area contributed by atoms with Crippen LogP contribution in [0.25, 0.3) is 11.4 Å². The molecule has 162 valence electrons. The molecule has 31 heavy (non-hydrogen) atoms. The van der Waals surface area contributed by atoms with Crippen LogP contribution in [-0.4, -0.2) is 27.2 Å². The highest BCUT2D eigenvalue weighted by Gasteiger charge is 2.18. The molecular formula is C22H20ClF2N3O3. The Bertz CT molecular complexity index is 1160. The van der Waals surface area contributed by atoms with Crippen LogP contribution in [-0.2, 0) is 24.3 Å². The fourth-order valence-corrected chi connectivity index (χ4v) is 3.25. The van der Waals surface area contributed by atoms with Crippen LogP contribution in [0.5, 0.6) is 0 Å². The lowest BCUT2D eigenvalue weighted by molar-refractivity contribution is -0.121. The number of carbonyl (C=O) groups excluding carboxylic acids is 1. The third-order valence-corrected chi connectivity index (χ3v) is 4.98. The van der Waals surface area contributed by atoms with Crippen LogP contribution in [0.4, 0.5) is 8.78 Å². The lowest BCUT2D eigenvalue weighted by Crippen LogP contribution is -2.35. The van der Waals surface area contributed by atoms with Gasteiger partial charge in [-0.15, -0.1) is 0 Å². The van der Waals surface area contributed by atoms with Crippen LogP contribution in [0.3, 0.4) is 0 Å².